The number of aromatic nitrogens is 3. The van der Waals surface area contributed by atoms with Crippen LogP contribution in [0.4, 0.5) is 0 Å². The number of hydrogen-bond acceptors (Lipinski definition) is 6. The molecule has 0 saturated carbocycles. The number of pyridine rings is 1. The number of nitrogens with zero attached hydrogens (tertiary/aromatic N) is 4. The van der Waals surface area contributed by atoms with Crippen molar-refractivity contribution in [2.75, 3.05) is 13.2 Å². The topological polar surface area (TPSA) is 119 Å². The Labute approximate surface area is 172 Å². The summed E-state index contributed by atoms with van der Waals surface area (Å²) in [7, 11) is 1.55. The number of amides is 1. The van der Waals surface area contributed by atoms with Gasteiger partial charge in [-0.05, 0) is 37.1 Å². The van der Waals surface area contributed by atoms with Gasteiger partial charge in [0.05, 0.1) is 23.6 Å². The van der Waals surface area contributed by atoms with Crippen molar-refractivity contribution in [2.45, 2.75) is 19.9 Å². The van der Waals surface area contributed by atoms with Crippen molar-refractivity contribution in [1.82, 2.24) is 19.4 Å². The lowest BCUT2D eigenvalue weighted by molar-refractivity contribution is -0.121. The van der Waals surface area contributed by atoms with E-state index in [4.69, 9.17) is 10.00 Å². The van der Waals surface area contributed by atoms with Crippen LogP contribution in [0.1, 0.15) is 17.5 Å². The highest BCUT2D eigenvalue weighted by molar-refractivity contribution is 5.79. The summed E-state index contributed by atoms with van der Waals surface area (Å²) in [6.45, 7) is 2.25. The Balaban J connectivity index is 1.56. The Morgan fingerprint density at radius 2 is 2.10 bits per heavy atom. The number of carbonyl (C=O) groups excluding carboxylic acids is 1. The fraction of sp³-hybridized carbons (Fsp3) is 0.286. The van der Waals surface area contributed by atoms with E-state index < -0.39 is 0 Å². The first-order chi connectivity index (χ1) is 14.4. The average Bonchev–Trinajstić information content (AvgIpc) is 2.73. The number of nitrogens with one attached hydrogen (secondary N) is 1. The van der Waals surface area contributed by atoms with Gasteiger partial charge >= 0.3 is 0 Å². The van der Waals surface area contributed by atoms with Crippen molar-refractivity contribution in [3.8, 4) is 11.8 Å². The van der Waals surface area contributed by atoms with Crippen LogP contribution in [0.5, 0.6) is 5.75 Å². The monoisotopic (exact) mass is 407 g/mol. The van der Waals surface area contributed by atoms with E-state index in [0.717, 1.165) is 0 Å². The molecule has 1 aromatic carbocycles. The second-order valence-electron chi connectivity index (χ2n) is 6.79. The molecule has 9 heteroatoms. The van der Waals surface area contributed by atoms with Crippen LogP contribution in [0.2, 0.25) is 0 Å². The van der Waals surface area contributed by atoms with E-state index in [9.17, 15) is 14.4 Å². The molecule has 0 spiro atoms. The number of rotatable bonds is 7. The maximum absolute atomic E-state index is 12.7. The van der Waals surface area contributed by atoms with E-state index in [0.29, 0.717) is 47.5 Å². The molecule has 0 atom stereocenters. The second-order valence-corrected chi connectivity index (χ2v) is 6.79. The Bertz CT molecular complexity index is 1250. The summed E-state index contributed by atoms with van der Waals surface area (Å²) in [5.74, 6) is 0.270. The number of carbonyl (C=O) groups is 1. The highest BCUT2D eigenvalue weighted by atomic mass is 16.5. The predicted molar refractivity (Wildman–Crippen MR) is 110 cm³/mol. The van der Waals surface area contributed by atoms with Crippen LogP contribution >= 0.6 is 0 Å². The molecule has 2 heterocycles. The zero-order chi connectivity index (χ0) is 21.7. The average molecular weight is 407 g/mol. The minimum atomic E-state index is -0.371. The van der Waals surface area contributed by atoms with Crippen molar-refractivity contribution < 1.29 is 9.53 Å². The number of aryl methyl sites for hydroxylation is 2. The Morgan fingerprint density at radius 1 is 1.30 bits per heavy atom. The Hall–Kier alpha value is -3.93. The van der Waals surface area contributed by atoms with E-state index in [2.05, 4.69) is 10.3 Å². The minimum absolute atomic E-state index is 0.172. The number of fused-ring (bicyclic) bond motifs is 1. The predicted octanol–water partition coefficient (Wildman–Crippen LogP) is 0.861. The van der Waals surface area contributed by atoms with Crippen LogP contribution in [-0.2, 0) is 18.4 Å². The van der Waals surface area contributed by atoms with Gasteiger partial charge in [-0.25, -0.2) is 4.98 Å². The van der Waals surface area contributed by atoms with Crippen LogP contribution in [-0.4, -0.2) is 33.2 Å². The molecule has 0 aliphatic heterocycles. The second kappa shape index (κ2) is 9.05. The molecule has 0 bridgehead atoms. The van der Waals surface area contributed by atoms with Crippen LogP contribution < -0.4 is 21.2 Å². The van der Waals surface area contributed by atoms with Gasteiger partial charge in [0.25, 0.3) is 11.1 Å². The third kappa shape index (κ3) is 4.55. The van der Waals surface area contributed by atoms with Gasteiger partial charge in [0.2, 0.25) is 5.91 Å². The Morgan fingerprint density at radius 3 is 2.87 bits per heavy atom. The molecule has 0 saturated heterocycles. The maximum Gasteiger partial charge on any atom is 0.263 e. The van der Waals surface area contributed by atoms with Gasteiger partial charge in [-0.3, -0.25) is 23.5 Å². The molecule has 9 nitrogen and oxygen atoms in total. The molecule has 3 rings (SSSR count). The molecule has 154 valence electrons. The molecule has 0 unspecified atom stereocenters. The van der Waals surface area contributed by atoms with E-state index in [1.54, 1.807) is 38.2 Å². The zero-order valence-electron chi connectivity index (χ0n) is 16.7. The fourth-order valence-electron chi connectivity index (χ4n) is 3.01. The third-order valence-corrected chi connectivity index (χ3v) is 4.59. The van der Waals surface area contributed by atoms with Crippen molar-refractivity contribution in [1.29, 1.82) is 5.26 Å². The van der Waals surface area contributed by atoms with Crippen LogP contribution in [0, 0.1) is 18.3 Å². The number of hydrogen-bond donors (Lipinski definition) is 1. The van der Waals surface area contributed by atoms with Gasteiger partial charge in [0.15, 0.2) is 0 Å². The lowest BCUT2D eigenvalue weighted by Gasteiger charge is -2.11. The molecule has 0 aliphatic rings. The molecule has 3 aromatic rings. The minimum Gasteiger partial charge on any atom is -0.493 e. The number of ether oxygens (including phenoxy) is 1. The van der Waals surface area contributed by atoms with Crippen molar-refractivity contribution in [3.05, 3.63) is 68.5 Å². The van der Waals surface area contributed by atoms with Crippen LogP contribution in [0.3, 0.4) is 0 Å². The molecule has 1 N–H and O–H groups in total. The van der Waals surface area contributed by atoms with Gasteiger partial charge < -0.3 is 10.1 Å². The van der Waals surface area contributed by atoms with E-state index >= 15 is 0 Å². The zero-order valence-corrected chi connectivity index (χ0v) is 16.7. The molecular formula is C21H21N5O4. The summed E-state index contributed by atoms with van der Waals surface area (Å²) in [4.78, 5) is 40.9. The normalized spacial score (nSPS) is 10.6. The summed E-state index contributed by atoms with van der Waals surface area (Å²) in [6, 6.07) is 10.3. The van der Waals surface area contributed by atoms with Gasteiger partial charge in [-0.15, -0.1) is 0 Å². The summed E-state index contributed by atoms with van der Waals surface area (Å²) in [5, 5.41) is 11.9. The standard InChI is InChI=1S/C21H21N5O4/c1-14-9-18(28)25(2)20-19(14)21(29)26(13-24-20)12-17(27)23-7-4-8-30-16-6-3-5-15(10-16)11-22/h3,5-6,9-10,13H,4,7-8,12H2,1-2H3,(H,23,27). The summed E-state index contributed by atoms with van der Waals surface area (Å²) < 4.78 is 8.08. The molecule has 0 radical (unpaired) electrons. The first kappa shape index (κ1) is 20.8. The van der Waals surface area contributed by atoms with Gasteiger partial charge in [-0.2, -0.15) is 5.26 Å². The lowest BCUT2D eigenvalue weighted by Crippen LogP contribution is -2.34. The van der Waals surface area contributed by atoms with Crippen molar-refractivity contribution in [3.63, 3.8) is 0 Å². The first-order valence-corrected chi connectivity index (χ1v) is 9.36. The molecule has 0 fully saturated rings. The van der Waals surface area contributed by atoms with Gasteiger partial charge in [0.1, 0.15) is 24.3 Å². The van der Waals surface area contributed by atoms with E-state index in [-0.39, 0.29) is 23.6 Å². The lowest BCUT2D eigenvalue weighted by atomic mass is 10.2. The molecule has 1 amide bonds. The summed E-state index contributed by atoms with van der Waals surface area (Å²) in [5.41, 5.74) is 0.718. The molecule has 2 aromatic heterocycles. The highest BCUT2D eigenvalue weighted by Gasteiger charge is 2.12. The maximum atomic E-state index is 12.7. The molecular weight excluding hydrogens is 386 g/mol. The number of nitriles is 1. The fourth-order valence-corrected chi connectivity index (χ4v) is 3.01. The summed E-state index contributed by atoms with van der Waals surface area (Å²) in [6.07, 6.45) is 1.84. The Kier molecular flexibility index (Phi) is 6.27. The van der Waals surface area contributed by atoms with E-state index in [1.807, 2.05) is 6.07 Å². The quantitative estimate of drug-likeness (QED) is 0.580. The first-order valence-electron chi connectivity index (χ1n) is 9.36. The van der Waals surface area contributed by atoms with Crippen molar-refractivity contribution in [2.24, 2.45) is 7.05 Å². The van der Waals surface area contributed by atoms with E-state index in [1.165, 1.54) is 21.5 Å². The van der Waals surface area contributed by atoms with Crippen molar-refractivity contribution >= 4 is 16.9 Å². The van der Waals surface area contributed by atoms with Crippen LogP contribution in [0.15, 0.2) is 46.2 Å². The molecule has 0 aliphatic carbocycles. The smallest absolute Gasteiger partial charge is 0.263 e. The number of benzene rings is 1. The van der Waals surface area contributed by atoms with Gasteiger partial charge in [0, 0.05) is 19.7 Å². The van der Waals surface area contributed by atoms with Gasteiger partial charge in [-0.1, -0.05) is 6.07 Å². The summed E-state index contributed by atoms with van der Waals surface area (Å²) >= 11 is 0. The third-order valence-electron chi connectivity index (χ3n) is 4.59. The molecule has 30 heavy (non-hydrogen) atoms. The SMILES string of the molecule is Cc1cc(=O)n(C)c2ncn(CC(=O)NCCCOc3cccc(C#N)c3)c(=O)c12. The van der Waals surface area contributed by atoms with Crippen LogP contribution in [0.25, 0.3) is 11.0 Å². The highest BCUT2D eigenvalue weighted by Crippen LogP contribution is 2.12. The largest absolute Gasteiger partial charge is 0.493 e.